The number of aliphatic hydroxyl groups is 2. The molecule has 0 aromatic rings. The minimum absolute atomic E-state index is 0.167. The molecular weight excluding hydrogens is 180 g/mol. The molecule has 0 amide bonds. The topological polar surface area (TPSA) is 55.7 Å². The van der Waals surface area contributed by atoms with Crippen LogP contribution in [0.4, 0.5) is 0 Å². The molecule has 0 saturated carbocycles. The summed E-state index contributed by atoms with van der Waals surface area (Å²) in [4.78, 5) is 2.20. The number of piperazine rings is 1. The van der Waals surface area contributed by atoms with Gasteiger partial charge in [-0.1, -0.05) is 13.3 Å². The van der Waals surface area contributed by atoms with E-state index in [1.807, 2.05) is 0 Å². The Morgan fingerprint density at radius 3 is 2.57 bits per heavy atom. The van der Waals surface area contributed by atoms with E-state index in [9.17, 15) is 5.11 Å². The molecule has 1 saturated heterocycles. The van der Waals surface area contributed by atoms with Crippen molar-refractivity contribution in [3.8, 4) is 0 Å². The van der Waals surface area contributed by atoms with Gasteiger partial charge in [-0.05, 0) is 6.42 Å². The van der Waals surface area contributed by atoms with Gasteiger partial charge in [0.2, 0.25) is 0 Å². The van der Waals surface area contributed by atoms with Crippen LogP contribution in [0.1, 0.15) is 19.8 Å². The number of hydrogen-bond acceptors (Lipinski definition) is 4. The van der Waals surface area contributed by atoms with E-state index in [1.165, 1.54) is 0 Å². The lowest BCUT2D eigenvalue weighted by Crippen LogP contribution is -2.48. The first-order valence-electron chi connectivity index (χ1n) is 5.40. The molecular formula is C10H21N2O2. The Labute approximate surface area is 85.9 Å². The number of nitrogens with one attached hydrogen (secondary N) is 1. The van der Waals surface area contributed by atoms with Crippen LogP contribution in [0.15, 0.2) is 0 Å². The van der Waals surface area contributed by atoms with Crippen LogP contribution in [-0.2, 0) is 0 Å². The Hall–Kier alpha value is -0.160. The van der Waals surface area contributed by atoms with Crippen molar-refractivity contribution >= 4 is 0 Å². The summed E-state index contributed by atoms with van der Waals surface area (Å²) in [5, 5.41) is 21.9. The summed E-state index contributed by atoms with van der Waals surface area (Å²) in [6.45, 7) is 5.72. The maximum absolute atomic E-state index is 9.65. The number of rotatable bonds is 5. The zero-order valence-electron chi connectivity index (χ0n) is 8.87. The Morgan fingerprint density at radius 2 is 2.07 bits per heavy atom. The van der Waals surface area contributed by atoms with Crippen LogP contribution >= 0.6 is 0 Å². The van der Waals surface area contributed by atoms with Crippen LogP contribution < -0.4 is 5.32 Å². The molecule has 14 heavy (non-hydrogen) atoms. The average molecular weight is 201 g/mol. The van der Waals surface area contributed by atoms with Crippen molar-refractivity contribution in [2.75, 3.05) is 32.8 Å². The summed E-state index contributed by atoms with van der Waals surface area (Å²) in [6, 6.07) is 0.997. The van der Waals surface area contributed by atoms with Gasteiger partial charge in [-0.15, -0.1) is 0 Å². The molecule has 0 aliphatic carbocycles. The van der Waals surface area contributed by atoms with Gasteiger partial charge in [0.15, 0.2) is 0 Å². The van der Waals surface area contributed by atoms with Crippen LogP contribution in [-0.4, -0.2) is 54.0 Å². The highest BCUT2D eigenvalue weighted by molar-refractivity contribution is 4.97. The van der Waals surface area contributed by atoms with Crippen molar-refractivity contribution in [3.05, 3.63) is 6.04 Å². The van der Waals surface area contributed by atoms with Gasteiger partial charge >= 0.3 is 0 Å². The SMILES string of the molecule is CCC[C](C(O)CO)N1CCNCC1. The van der Waals surface area contributed by atoms with Gasteiger partial charge in [-0.2, -0.15) is 0 Å². The van der Waals surface area contributed by atoms with Crippen LogP contribution in [0.2, 0.25) is 0 Å². The highest BCUT2D eigenvalue weighted by atomic mass is 16.3. The van der Waals surface area contributed by atoms with Gasteiger partial charge < -0.3 is 15.5 Å². The second-order valence-corrected chi connectivity index (χ2v) is 3.68. The van der Waals surface area contributed by atoms with E-state index in [-0.39, 0.29) is 6.61 Å². The summed E-state index contributed by atoms with van der Waals surface area (Å²) < 4.78 is 0. The van der Waals surface area contributed by atoms with Gasteiger partial charge in [0.05, 0.1) is 18.8 Å². The van der Waals surface area contributed by atoms with Crippen molar-refractivity contribution in [1.29, 1.82) is 0 Å². The first-order valence-corrected chi connectivity index (χ1v) is 5.40. The van der Waals surface area contributed by atoms with Crippen LogP contribution in [0.3, 0.4) is 0 Å². The molecule has 83 valence electrons. The highest BCUT2D eigenvalue weighted by Crippen LogP contribution is 2.19. The van der Waals surface area contributed by atoms with E-state index in [1.54, 1.807) is 0 Å². The molecule has 0 bridgehead atoms. The maximum Gasteiger partial charge on any atom is 0.0973 e. The molecule has 1 aliphatic heterocycles. The molecule has 1 fully saturated rings. The largest absolute Gasteiger partial charge is 0.394 e. The lowest BCUT2D eigenvalue weighted by Gasteiger charge is -2.36. The Kier molecular flexibility index (Phi) is 5.40. The molecule has 1 heterocycles. The predicted molar refractivity (Wildman–Crippen MR) is 55.7 cm³/mol. The molecule has 4 nitrogen and oxygen atoms in total. The normalized spacial score (nSPS) is 21.4. The molecule has 1 radical (unpaired) electrons. The molecule has 1 atom stereocenters. The van der Waals surface area contributed by atoms with Crippen LogP contribution in [0, 0.1) is 6.04 Å². The van der Waals surface area contributed by atoms with E-state index < -0.39 is 6.10 Å². The summed E-state index contributed by atoms with van der Waals surface area (Å²) in [5.74, 6) is 0. The summed E-state index contributed by atoms with van der Waals surface area (Å²) in [5.41, 5.74) is 0. The fraction of sp³-hybridized carbons (Fsp3) is 0.900. The monoisotopic (exact) mass is 201 g/mol. The molecule has 3 N–H and O–H groups in total. The number of aliphatic hydroxyl groups excluding tert-OH is 2. The smallest absolute Gasteiger partial charge is 0.0973 e. The summed E-state index contributed by atoms with van der Waals surface area (Å²) in [6.07, 6.45) is 1.21. The van der Waals surface area contributed by atoms with E-state index in [4.69, 9.17) is 5.11 Å². The fourth-order valence-corrected chi connectivity index (χ4v) is 1.85. The van der Waals surface area contributed by atoms with Gasteiger partial charge in [-0.25, -0.2) is 0 Å². The van der Waals surface area contributed by atoms with Crippen molar-refractivity contribution in [2.45, 2.75) is 25.9 Å². The molecule has 1 rings (SSSR count). The van der Waals surface area contributed by atoms with Crippen LogP contribution in [0.5, 0.6) is 0 Å². The first-order chi connectivity index (χ1) is 6.79. The Balaban J connectivity index is 2.46. The van der Waals surface area contributed by atoms with Crippen molar-refractivity contribution in [2.24, 2.45) is 0 Å². The number of nitrogens with zero attached hydrogens (tertiary/aromatic N) is 1. The second kappa shape index (κ2) is 6.35. The van der Waals surface area contributed by atoms with E-state index in [0.29, 0.717) is 0 Å². The van der Waals surface area contributed by atoms with Crippen LogP contribution in [0.25, 0.3) is 0 Å². The van der Waals surface area contributed by atoms with Gasteiger partial charge in [0.25, 0.3) is 0 Å². The van der Waals surface area contributed by atoms with E-state index in [2.05, 4.69) is 17.1 Å². The zero-order chi connectivity index (χ0) is 10.4. The quantitative estimate of drug-likeness (QED) is 0.565. The standard InChI is InChI=1S/C10H21N2O2/c1-2-3-9(10(14)8-13)12-6-4-11-5-7-12/h10-11,13-14H,2-8H2,1H3. The molecule has 0 spiro atoms. The molecule has 4 heteroatoms. The minimum Gasteiger partial charge on any atom is -0.394 e. The van der Waals surface area contributed by atoms with E-state index >= 15 is 0 Å². The molecule has 0 aromatic carbocycles. The summed E-state index contributed by atoms with van der Waals surface area (Å²) >= 11 is 0. The minimum atomic E-state index is -0.673. The van der Waals surface area contributed by atoms with E-state index in [0.717, 1.165) is 45.1 Å². The fourth-order valence-electron chi connectivity index (χ4n) is 1.85. The lowest BCUT2D eigenvalue weighted by atomic mass is 10.0. The third kappa shape index (κ3) is 3.20. The molecule has 0 aromatic heterocycles. The van der Waals surface area contributed by atoms with Crippen molar-refractivity contribution in [3.63, 3.8) is 0 Å². The van der Waals surface area contributed by atoms with Gasteiger partial charge in [0.1, 0.15) is 0 Å². The molecule has 1 unspecified atom stereocenters. The number of hydrogen-bond donors (Lipinski definition) is 3. The predicted octanol–water partition coefficient (Wildman–Crippen LogP) is -0.423. The summed E-state index contributed by atoms with van der Waals surface area (Å²) in [7, 11) is 0. The average Bonchev–Trinajstić information content (AvgIpc) is 2.26. The maximum atomic E-state index is 9.65. The zero-order valence-corrected chi connectivity index (χ0v) is 8.87. The lowest BCUT2D eigenvalue weighted by molar-refractivity contribution is 0.0539. The molecule has 1 aliphatic rings. The highest BCUT2D eigenvalue weighted by Gasteiger charge is 2.26. The van der Waals surface area contributed by atoms with Crippen molar-refractivity contribution < 1.29 is 10.2 Å². The Morgan fingerprint density at radius 1 is 1.43 bits per heavy atom. The van der Waals surface area contributed by atoms with Gasteiger partial charge in [-0.3, -0.25) is 4.90 Å². The first kappa shape index (κ1) is 11.9. The third-order valence-electron chi connectivity index (χ3n) is 2.59. The second-order valence-electron chi connectivity index (χ2n) is 3.68. The third-order valence-corrected chi connectivity index (χ3v) is 2.59. The van der Waals surface area contributed by atoms with Gasteiger partial charge in [0, 0.05) is 26.2 Å². The van der Waals surface area contributed by atoms with Crippen molar-refractivity contribution in [1.82, 2.24) is 10.2 Å². The Bertz CT molecular complexity index is 149.